The third kappa shape index (κ3) is 4.83. The van der Waals surface area contributed by atoms with Gasteiger partial charge in [-0.25, -0.2) is 0 Å². The normalized spacial score (nSPS) is 16.1. The molecule has 0 spiro atoms. The molecule has 0 saturated heterocycles. The fraction of sp³-hybridized carbons (Fsp3) is 0.375. The molecular weight excluding hydrogens is 296 g/mol. The van der Waals surface area contributed by atoms with Crippen LogP contribution in [0.1, 0.15) is 49.1 Å². The molecule has 2 rings (SSSR count). The average Bonchev–Trinajstić information content (AvgIpc) is 2.45. The van der Waals surface area contributed by atoms with E-state index in [1.807, 2.05) is 12.1 Å². The molecule has 0 amide bonds. The van der Waals surface area contributed by atoms with Crippen LogP contribution in [0.4, 0.5) is 0 Å². The second-order valence-corrected chi connectivity index (χ2v) is 5.09. The molecule has 4 nitrogen and oxygen atoms in total. The number of rotatable bonds is 4. The number of carboxylic acids is 2. The van der Waals surface area contributed by atoms with E-state index in [1.54, 1.807) is 12.1 Å². The standard InChI is InChI=1S/C16H18O4.Ca/c17-15(18)10-14(16(19)20)13-9-5-4-8-12(13)11-6-2-1-3-7-11;/h4-5,8-11H,1-3,6-7H2,(H,17,18)(H,19,20);/q;+2/p-2/b14-10-;. The van der Waals surface area contributed by atoms with Crippen LogP contribution < -0.4 is 10.2 Å². The predicted octanol–water partition coefficient (Wildman–Crippen LogP) is 0.237. The van der Waals surface area contributed by atoms with Gasteiger partial charge >= 0.3 is 37.7 Å². The molecule has 1 fully saturated rings. The molecule has 0 atom stereocenters. The van der Waals surface area contributed by atoms with Crippen molar-refractivity contribution in [1.29, 1.82) is 0 Å². The molecule has 21 heavy (non-hydrogen) atoms. The maximum Gasteiger partial charge on any atom is 2.00 e. The van der Waals surface area contributed by atoms with Crippen molar-refractivity contribution in [2.45, 2.75) is 38.0 Å². The van der Waals surface area contributed by atoms with Crippen LogP contribution in [0.25, 0.3) is 5.57 Å². The van der Waals surface area contributed by atoms with Crippen molar-refractivity contribution >= 4 is 55.2 Å². The minimum Gasteiger partial charge on any atom is -0.545 e. The van der Waals surface area contributed by atoms with Crippen molar-refractivity contribution in [3.05, 3.63) is 41.5 Å². The predicted molar refractivity (Wildman–Crippen MR) is 76.0 cm³/mol. The van der Waals surface area contributed by atoms with Gasteiger partial charge in [0, 0.05) is 5.57 Å². The number of benzene rings is 1. The van der Waals surface area contributed by atoms with Gasteiger partial charge in [0.05, 0.1) is 11.9 Å². The van der Waals surface area contributed by atoms with Crippen LogP contribution in [0.5, 0.6) is 0 Å². The first-order valence-corrected chi connectivity index (χ1v) is 6.83. The van der Waals surface area contributed by atoms with Crippen LogP contribution in [0.15, 0.2) is 30.3 Å². The Bertz CT molecular complexity index is 545. The smallest absolute Gasteiger partial charge is 0.545 e. The van der Waals surface area contributed by atoms with Crippen molar-refractivity contribution in [2.75, 3.05) is 0 Å². The molecule has 1 saturated carbocycles. The molecule has 5 heteroatoms. The third-order valence-electron chi connectivity index (χ3n) is 3.78. The summed E-state index contributed by atoms with van der Waals surface area (Å²) in [5.41, 5.74) is 1.01. The van der Waals surface area contributed by atoms with Crippen LogP contribution in [0.2, 0.25) is 0 Å². The van der Waals surface area contributed by atoms with Gasteiger partial charge in [0.2, 0.25) is 0 Å². The van der Waals surface area contributed by atoms with Crippen molar-refractivity contribution in [3.8, 4) is 0 Å². The minimum atomic E-state index is -1.53. The molecular formula is C16H16CaO4. The van der Waals surface area contributed by atoms with Crippen LogP contribution in [-0.2, 0) is 9.59 Å². The zero-order valence-electron chi connectivity index (χ0n) is 11.8. The van der Waals surface area contributed by atoms with E-state index in [1.165, 1.54) is 6.42 Å². The molecule has 0 aromatic heterocycles. The van der Waals surface area contributed by atoms with Gasteiger partial charge in [0.15, 0.2) is 0 Å². The number of carboxylic acid groups (broad SMARTS) is 2. The average molecular weight is 312 g/mol. The monoisotopic (exact) mass is 312 g/mol. The summed E-state index contributed by atoms with van der Waals surface area (Å²) in [5, 5.41) is 21.9. The molecule has 0 radical (unpaired) electrons. The maximum atomic E-state index is 11.2. The molecule has 106 valence electrons. The van der Waals surface area contributed by atoms with E-state index in [0.717, 1.165) is 31.2 Å². The minimum absolute atomic E-state index is 0. The first-order valence-electron chi connectivity index (χ1n) is 6.83. The second-order valence-electron chi connectivity index (χ2n) is 5.09. The zero-order valence-corrected chi connectivity index (χ0v) is 14.0. The van der Waals surface area contributed by atoms with Crippen molar-refractivity contribution < 1.29 is 19.8 Å². The summed E-state index contributed by atoms with van der Waals surface area (Å²) in [7, 11) is 0. The number of carbonyl (C=O) groups is 2. The first-order chi connectivity index (χ1) is 9.59. The van der Waals surface area contributed by atoms with E-state index in [4.69, 9.17) is 0 Å². The largest absolute Gasteiger partial charge is 2.00 e. The van der Waals surface area contributed by atoms with Crippen molar-refractivity contribution in [3.63, 3.8) is 0 Å². The Morgan fingerprint density at radius 3 is 2.24 bits per heavy atom. The molecule has 0 aliphatic heterocycles. The first kappa shape index (κ1) is 18.2. The van der Waals surface area contributed by atoms with E-state index >= 15 is 0 Å². The molecule has 0 heterocycles. The van der Waals surface area contributed by atoms with Gasteiger partial charge < -0.3 is 19.8 Å². The summed E-state index contributed by atoms with van der Waals surface area (Å²) >= 11 is 0. The fourth-order valence-electron chi connectivity index (χ4n) is 2.88. The molecule has 1 aliphatic carbocycles. The van der Waals surface area contributed by atoms with Gasteiger partial charge in [-0.2, -0.15) is 0 Å². The summed E-state index contributed by atoms with van der Waals surface area (Å²) in [6, 6.07) is 7.05. The zero-order chi connectivity index (χ0) is 14.5. The van der Waals surface area contributed by atoms with Gasteiger partial charge in [-0.15, -0.1) is 0 Å². The number of aliphatic carboxylic acids is 2. The summed E-state index contributed by atoms with van der Waals surface area (Å²) in [6.07, 6.45) is 6.04. The Balaban J connectivity index is 0.00000220. The molecule has 1 aromatic carbocycles. The fourth-order valence-corrected chi connectivity index (χ4v) is 2.88. The number of hydrogen-bond acceptors (Lipinski definition) is 4. The molecule has 0 bridgehead atoms. The van der Waals surface area contributed by atoms with Crippen LogP contribution in [0.3, 0.4) is 0 Å². The van der Waals surface area contributed by atoms with Crippen molar-refractivity contribution in [1.82, 2.24) is 0 Å². The summed E-state index contributed by atoms with van der Waals surface area (Å²) < 4.78 is 0. The van der Waals surface area contributed by atoms with E-state index in [2.05, 4.69) is 0 Å². The Kier molecular flexibility index (Phi) is 7.43. The Hall–Kier alpha value is -0.840. The maximum absolute atomic E-state index is 11.2. The Labute approximate surface area is 153 Å². The molecule has 0 unspecified atom stereocenters. The molecule has 0 N–H and O–H groups in total. The van der Waals surface area contributed by atoms with Gasteiger partial charge in [-0.05, 0) is 36.0 Å². The topological polar surface area (TPSA) is 80.3 Å². The number of carbonyl (C=O) groups excluding carboxylic acids is 2. The quantitative estimate of drug-likeness (QED) is 0.589. The Morgan fingerprint density at radius 1 is 1.05 bits per heavy atom. The van der Waals surface area contributed by atoms with Crippen LogP contribution >= 0.6 is 0 Å². The van der Waals surface area contributed by atoms with Gasteiger partial charge in [-0.3, -0.25) is 0 Å². The van der Waals surface area contributed by atoms with E-state index in [9.17, 15) is 19.8 Å². The summed E-state index contributed by atoms with van der Waals surface area (Å²) in [6.45, 7) is 0. The third-order valence-corrected chi connectivity index (χ3v) is 3.78. The van der Waals surface area contributed by atoms with Crippen LogP contribution in [0, 0.1) is 0 Å². The van der Waals surface area contributed by atoms with E-state index in [-0.39, 0.29) is 49.2 Å². The van der Waals surface area contributed by atoms with Gasteiger partial charge in [-0.1, -0.05) is 43.5 Å². The van der Waals surface area contributed by atoms with Crippen molar-refractivity contribution in [2.24, 2.45) is 0 Å². The SMILES string of the molecule is O=C([O-])/C=C(\C(=O)[O-])c1ccccc1C1CCCCC1.[Ca+2]. The van der Waals surface area contributed by atoms with Crippen LogP contribution in [-0.4, -0.2) is 49.7 Å². The van der Waals surface area contributed by atoms with E-state index in [0.29, 0.717) is 11.6 Å². The van der Waals surface area contributed by atoms with Gasteiger partial charge in [0.1, 0.15) is 0 Å². The Morgan fingerprint density at radius 2 is 1.67 bits per heavy atom. The number of hydrogen-bond donors (Lipinski definition) is 0. The van der Waals surface area contributed by atoms with E-state index < -0.39 is 11.9 Å². The van der Waals surface area contributed by atoms with Gasteiger partial charge in [0.25, 0.3) is 0 Å². The summed E-state index contributed by atoms with van der Waals surface area (Å²) in [4.78, 5) is 21.9. The summed E-state index contributed by atoms with van der Waals surface area (Å²) in [5.74, 6) is -2.73. The molecule has 1 aliphatic rings. The second kappa shape index (κ2) is 8.57. The molecule has 1 aromatic rings.